The number of amides is 1. The lowest BCUT2D eigenvalue weighted by molar-refractivity contribution is 0.0999. The molecule has 0 aromatic heterocycles. The number of nitrogens with two attached hydrogens (primary N) is 2. The minimum atomic E-state index is -3.80. The van der Waals surface area contributed by atoms with E-state index >= 15 is 0 Å². The fourth-order valence-corrected chi connectivity index (χ4v) is 4.15. The normalized spacial score (nSPS) is 11.3. The van der Waals surface area contributed by atoms with Gasteiger partial charge >= 0.3 is 0 Å². The maximum atomic E-state index is 12.5. The monoisotopic (exact) mass is 324 g/mol. The lowest BCUT2D eigenvalue weighted by Crippen LogP contribution is -2.16. The molecule has 7 heteroatoms. The van der Waals surface area contributed by atoms with Crippen LogP contribution in [0.4, 0.5) is 5.69 Å². The van der Waals surface area contributed by atoms with Gasteiger partial charge in [-0.3, -0.25) is 4.79 Å². The number of carbonyl (C=O) groups excluding carboxylic acids is 1. The molecule has 0 saturated carbocycles. The molecule has 0 aliphatic carbocycles. The Kier molecular flexibility index (Phi) is 4.20. The molecule has 0 heterocycles. The summed E-state index contributed by atoms with van der Waals surface area (Å²) < 4.78 is 25.0. The Hall–Kier alpha value is -2.05. The molecule has 0 radical (unpaired) electrons. The number of primary amides is 1. The Labute approximate surface area is 127 Å². The summed E-state index contributed by atoms with van der Waals surface area (Å²) in [7, 11) is -3.80. The number of anilines is 1. The number of benzene rings is 2. The molecule has 0 bridgehead atoms. The van der Waals surface area contributed by atoms with Crippen LogP contribution >= 0.6 is 11.6 Å². The Bertz CT molecular complexity index is 783. The molecule has 0 fully saturated rings. The maximum Gasteiger partial charge on any atom is 0.249 e. The van der Waals surface area contributed by atoms with Crippen molar-refractivity contribution in [3.63, 3.8) is 0 Å². The first-order valence-corrected chi connectivity index (χ1v) is 8.00. The smallest absolute Gasteiger partial charge is 0.249 e. The van der Waals surface area contributed by atoms with E-state index in [2.05, 4.69) is 0 Å². The highest BCUT2D eigenvalue weighted by Crippen LogP contribution is 2.30. The van der Waals surface area contributed by atoms with Crippen molar-refractivity contribution in [1.82, 2.24) is 0 Å². The molecule has 5 nitrogen and oxygen atoms in total. The van der Waals surface area contributed by atoms with E-state index in [1.54, 1.807) is 18.2 Å². The third kappa shape index (κ3) is 3.17. The van der Waals surface area contributed by atoms with E-state index in [4.69, 9.17) is 23.1 Å². The summed E-state index contributed by atoms with van der Waals surface area (Å²) in [5.41, 5.74) is 11.5. The largest absolute Gasteiger partial charge is 0.398 e. The van der Waals surface area contributed by atoms with Gasteiger partial charge in [-0.1, -0.05) is 35.9 Å². The van der Waals surface area contributed by atoms with Gasteiger partial charge < -0.3 is 11.5 Å². The molecule has 2 rings (SSSR count). The Morgan fingerprint density at radius 1 is 1.10 bits per heavy atom. The number of hydrogen-bond acceptors (Lipinski definition) is 4. The van der Waals surface area contributed by atoms with Gasteiger partial charge in [0.2, 0.25) is 5.91 Å². The number of carbonyl (C=O) groups is 1. The van der Waals surface area contributed by atoms with Gasteiger partial charge in [0.05, 0.1) is 16.5 Å². The summed E-state index contributed by atoms with van der Waals surface area (Å²) >= 11 is 5.93. The first-order valence-electron chi connectivity index (χ1n) is 5.97. The zero-order valence-electron chi connectivity index (χ0n) is 10.9. The van der Waals surface area contributed by atoms with Crippen LogP contribution in [0.2, 0.25) is 5.02 Å². The number of nitrogen functional groups attached to an aromatic ring is 1. The predicted octanol–water partition coefficient (Wildman–Crippen LogP) is 2.00. The summed E-state index contributed by atoms with van der Waals surface area (Å²) in [5.74, 6) is -1.09. The third-order valence-electron chi connectivity index (χ3n) is 2.94. The van der Waals surface area contributed by atoms with Crippen LogP contribution in [-0.4, -0.2) is 14.3 Å². The second-order valence-electron chi connectivity index (χ2n) is 4.44. The topological polar surface area (TPSA) is 103 Å². The zero-order chi connectivity index (χ0) is 15.6. The van der Waals surface area contributed by atoms with Crippen LogP contribution < -0.4 is 11.5 Å². The van der Waals surface area contributed by atoms with Crippen LogP contribution in [0.5, 0.6) is 0 Å². The molecule has 0 spiro atoms. The summed E-state index contributed by atoms with van der Waals surface area (Å²) in [6.07, 6.45) is 0. The molecule has 4 N–H and O–H groups in total. The number of hydrogen-bond donors (Lipinski definition) is 2. The summed E-state index contributed by atoms with van der Waals surface area (Å²) in [5, 5.41) is 0.0477. The van der Waals surface area contributed by atoms with Crippen LogP contribution in [-0.2, 0) is 15.6 Å². The van der Waals surface area contributed by atoms with Crippen LogP contribution in [0, 0.1) is 0 Å². The minimum Gasteiger partial charge on any atom is -0.398 e. The van der Waals surface area contributed by atoms with Crippen molar-refractivity contribution >= 4 is 33.0 Å². The molecule has 21 heavy (non-hydrogen) atoms. The lowest BCUT2D eigenvalue weighted by atomic mass is 10.1. The molecule has 0 aliphatic rings. The Balaban J connectivity index is 2.51. The first kappa shape index (κ1) is 15.3. The summed E-state index contributed by atoms with van der Waals surface area (Å²) in [6, 6.07) is 10.7. The van der Waals surface area contributed by atoms with Crippen molar-refractivity contribution in [2.24, 2.45) is 5.73 Å². The maximum absolute atomic E-state index is 12.5. The van der Waals surface area contributed by atoms with Crippen molar-refractivity contribution in [1.29, 1.82) is 0 Å². The first-order chi connectivity index (χ1) is 9.83. The van der Waals surface area contributed by atoms with E-state index in [0.29, 0.717) is 5.56 Å². The van der Waals surface area contributed by atoms with Gasteiger partial charge in [0.15, 0.2) is 9.84 Å². The highest BCUT2D eigenvalue weighted by molar-refractivity contribution is 7.91. The van der Waals surface area contributed by atoms with E-state index in [1.807, 2.05) is 0 Å². The SMILES string of the molecule is NC(=O)c1ccccc1CS(=O)(=O)c1c(N)cccc1Cl. The van der Waals surface area contributed by atoms with Gasteiger partial charge in [-0.25, -0.2) is 8.42 Å². The molecular formula is C14H13ClN2O3S. The molecule has 1 amide bonds. The van der Waals surface area contributed by atoms with Gasteiger partial charge in [-0.2, -0.15) is 0 Å². The quantitative estimate of drug-likeness (QED) is 0.839. The van der Waals surface area contributed by atoms with Crippen molar-refractivity contribution < 1.29 is 13.2 Å². The summed E-state index contributed by atoms with van der Waals surface area (Å²) in [4.78, 5) is 11.2. The van der Waals surface area contributed by atoms with Gasteiger partial charge in [0.25, 0.3) is 0 Å². The molecule has 0 saturated heterocycles. The predicted molar refractivity (Wildman–Crippen MR) is 81.7 cm³/mol. The van der Waals surface area contributed by atoms with Gasteiger partial charge in [0.1, 0.15) is 4.90 Å². The zero-order valence-corrected chi connectivity index (χ0v) is 12.5. The third-order valence-corrected chi connectivity index (χ3v) is 5.13. The second-order valence-corrected chi connectivity index (χ2v) is 6.77. The number of sulfone groups is 1. The molecule has 2 aromatic rings. The fraction of sp³-hybridized carbons (Fsp3) is 0.0714. The Morgan fingerprint density at radius 2 is 1.76 bits per heavy atom. The van der Waals surface area contributed by atoms with Gasteiger partial charge in [0, 0.05) is 5.56 Å². The number of halogens is 1. The van der Waals surface area contributed by atoms with Crippen molar-refractivity contribution in [3.8, 4) is 0 Å². The number of rotatable bonds is 4. The highest BCUT2D eigenvalue weighted by Gasteiger charge is 2.23. The van der Waals surface area contributed by atoms with Crippen LogP contribution in [0.25, 0.3) is 0 Å². The van der Waals surface area contributed by atoms with Crippen LogP contribution in [0.3, 0.4) is 0 Å². The molecule has 0 atom stereocenters. The van der Waals surface area contributed by atoms with E-state index in [-0.39, 0.29) is 21.2 Å². The van der Waals surface area contributed by atoms with E-state index in [9.17, 15) is 13.2 Å². The van der Waals surface area contributed by atoms with Crippen molar-refractivity contribution in [2.75, 3.05) is 5.73 Å². The Morgan fingerprint density at radius 3 is 2.38 bits per heavy atom. The van der Waals surface area contributed by atoms with E-state index in [1.165, 1.54) is 24.3 Å². The van der Waals surface area contributed by atoms with Gasteiger partial charge in [-0.05, 0) is 23.8 Å². The average Bonchev–Trinajstić information content (AvgIpc) is 2.37. The molecule has 110 valence electrons. The lowest BCUT2D eigenvalue weighted by Gasteiger charge is -2.11. The standard InChI is InChI=1S/C14H13ClN2O3S/c15-11-6-3-7-12(16)13(11)21(19,20)8-9-4-1-2-5-10(9)14(17)18/h1-7H,8,16H2,(H2,17,18). The molecule has 0 aliphatic heterocycles. The second kappa shape index (κ2) is 5.75. The van der Waals surface area contributed by atoms with Crippen molar-refractivity contribution in [2.45, 2.75) is 10.6 Å². The van der Waals surface area contributed by atoms with E-state index in [0.717, 1.165) is 0 Å². The minimum absolute atomic E-state index is 0.0477. The van der Waals surface area contributed by atoms with Gasteiger partial charge in [-0.15, -0.1) is 0 Å². The summed E-state index contributed by atoms with van der Waals surface area (Å²) in [6.45, 7) is 0. The van der Waals surface area contributed by atoms with Crippen LogP contribution in [0.1, 0.15) is 15.9 Å². The van der Waals surface area contributed by atoms with Crippen LogP contribution in [0.15, 0.2) is 47.4 Å². The van der Waals surface area contributed by atoms with E-state index < -0.39 is 21.5 Å². The average molecular weight is 325 g/mol. The highest BCUT2D eigenvalue weighted by atomic mass is 35.5. The van der Waals surface area contributed by atoms with Crippen molar-refractivity contribution in [3.05, 3.63) is 58.6 Å². The molecular weight excluding hydrogens is 312 g/mol. The molecule has 2 aromatic carbocycles. The molecule has 0 unspecified atom stereocenters. The fourth-order valence-electron chi connectivity index (χ4n) is 2.02.